The number of nitrogens with zero attached hydrogens (tertiary/aromatic N) is 3. The van der Waals surface area contributed by atoms with Gasteiger partial charge in [0.1, 0.15) is 11.5 Å². The average molecular weight is 450 g/mol. The van der Waals surface area contributed by atoms with E-state index < -0.39 is 11.4 Å². The summed E-state index contributed by atoms with van der Waals surface area (Å²) < 4.78 is 6.24. The van der Waals surface area contributed by atoms with Gasteiger partial charge in [0.2, 0.25) is 0 Å². The van der Waals surface area contributed by atoms with Crippen LogP contribution in [0.4, 0.5) is 5.69 Å². The molecule has 0 saturated carbocycles. The predicted octanol–water partition coefficient (Wildman–Crippen LogP) is 4.70. The number of ether oxygens (including phenoxy) is 1. The second kappa shape index (κ2) is 8.57. The van der Waals surface area contributed by atoms with Gasteiger partial charge in [-0.1, -0.05) is 6.07 Å². The highest BCUT2D eigenvalue weighted by Gasteiger charge is 2.33. The Bertz CT molecular complexity index is 978. The molecular weight excluding hydrogens is 422 g/mol. The van der Waals surface area contributed by atoms with Gasteiger partial charge in [-0.3, -0.25) is 9.69 Å². The van der Waals surface area contributed by atoms with Crippen LogP contribution in [0, 0.1) is 19.3 Å². The highest BCUT2D eigenvalue weighted by Crippen LogP contribution is 2.42. The molecule has 8 heteroatoms. The van der Waals surface area contributed by atoms with Crippen molar-refractivity contribution in [2.45, 2.75) is 27.7 Å². The number of hydrogen-bond acceptors (Lipinski definition) is 6. The van der Waals surface area contributed by atoms with Crippen molar-refractivity contribution < 1.29 is 14.6 Å². The molecule has 1 aromatic heterocycles. The lowest BCUT2D eigenvalue weighted by Crippen LogP contribution is -2.51. The Hall–Kier alpha value is -2.09. The Kier molecular flexibility index (Phi) is 6.45. The number of carbonyl (C=O) groups is 1. The van der Waals surface area contributed by atoms with Crippen molar-refractivity contribution in [1.82, 2.24) is 9.80 Å². The minimum Gasteiger partial charge on any atom is -0.481 e. The van der Waals surface area contributed by atoms with E-state index in [-0.39, 0.29) is 12.4 Å². The molecular formula is C22H28ClN3O3S. The lowest BCUT2D eigenvalue weighted by molar-refractivity contribution is -0.148. The largest absolute Gasteiger partial charge is 0.481 e. The van der Waals surface area contributed by atoms with Crippen LogP contribution in [0.25, 0.3) is 0 Å². The molecule has 0 bridgehead atoms. The number of piperazine rings is 1. The Labute approximate surface area is 187 Å². The number of halogens is 1. The van der Waals surface area contributed by atoms with Gasteiger partial charge in [-0.25, -0.2) is 4.99 Å². The van der Waals surface area contributed by atoms with E-state index in [1.807, 2.05) is 12.1 Å². The van der Waals surface area contributed by atoms with E-state index in [4.69, 9.17) is 9.73 Å². The normalized spacial score (nSPS) is 16.5. The number of carboxylic acids is 1. The first-order chi connectivity index (χ1) is 13.7. The molecule has 1 fully saturated rings. The maximum absolute atomic E-state index is 11.5. The summed E-state index contributed by atoms with van der Waals surface area (Å²) in [5.41, 5.74) is 2.29. The summed E-state index contributed by atoms with van der Waals surface area (Å²) in [5.74, 6) is 0.990. The van der Waals surface area contributed by atoms with Gasteiger partial charge >= 0.3 is 5.97 Å². The number of thiophene rings is 1. The summed E-state index contributed by atoms with van der Waals surface area (Å²) in [6, 6.07) is 8.25. The van der Waals surface area contributed by atoms with Gasteiger partial charge in [0.25, 0.3) is 0 Å². The summed E-state index contributed by atoms with van der Waals surface area (Å²) in [6.07, 6.45) is 0. The van der Waals surface area contributed by atoms with Crippen molar-refractivity contribution in [2.24, 2.45) is 10.4 Å². The summed E-state index contributed by atoms with van der Waals surface area (Å²) in [4.78, 5) is 22.2. The molecule has 0 radical (unpaired) electrons. The second-order valence-corrected chi connectivity index (χ2v) is 9.74. The number of benzene rings is 1. The Morgan fingerprint density at radius 1 is 1.20 bits per heavy atom. The molecule has 0 atom stereocenters. The summed E-state index contributed by atoms with van der Waals surface area (Å²) >= 11 is 1.65. The Morgan fingerprint density at radius 3 is 2.57 bits per heavy atom. The third-order valence-electron chi connectivity index (χ3n) is 5.48. The molecule has 6 nitrogen and oxygen atoms in total. The van der Waals surface area contributed by atoms with Gasteiger partial charge in [0.05, 0.1) is 11.0 Å². The van der Waals surface area contributed by atoms with Gasteiger partial charge in [-0.15, -0.1) is 23.7 Å². The van der Waals surface area contributed by atoms with Crippen LogP contribution in [0.15, 0.2) is 29.3 Å². The number of fused-ring (bicyclic) bond motifs is 2. The zero-order valence-corrected chi connectivity index (χ0v) is 19.4. The van der Waals surface area contributed by atoms with Crippen molar-refractivity contribution in [2.75, 3.05) is 32.7 Å². The number of aryl methyl sites for hydroxylation is 2. The van der Waals surface area contributed by atoms with E-state index in [2.05, 4.69) is 35.8 Å². The van der Waals surface area contributed by atoms with Gasteiger partial charge < -0.3 is 14.7 Å². The van der Waals surface area contributed by atoms with Crippen LogP contribution >= 0.6 is 23.7 Å². The summed E-state index contributed by atoms with van der Waals surface area (Å²) in [6.45, 7) is 11.5. The van der Waals surface area contributed by atoms with Crippen LogP contribution in [0.1, 0.15) is 29.9 Å². The molecule has 0 aliphatic carbocycles. The van der Waals surface area contributed by atoms with Gasteiger partial charge in [-0.2, -0.15) is 0 Å². The van der Waals surface area contributed by atoms with Gasteiger partial charge in [0, 0.05) is 37.6 Å². The van der Waals surface area contributed by atoms with Crippen LogP contribution in [0.2, 0.25) is 0 Å². The summed E-state index contributed by atoms with van der Waals surface area (Å²) in [7, 11) is 0. The van der Waals surface area contributed by atoms with E-state index in [1.54, 1.807) is 25.2 Å². The van der Waals surface area contributed by atoms with Crippen molar-refractivity contribution in [1.29, 1.82) is 0 Å². The monoisotopic (exact) mass is 449 g/mol. The standard InChI is InChI=1S/C22H27N3O3S.ClH/c1-14-5-6-17-18(11-14)28-20-16(12-15(2)29-20)19(23-17)25-9-7-24(8-10-25)13-22(3,4)21(26)27;/h5-6,11-12H,7-10,13H2,1-4H3,(H,26,27);1H. The molecule has 1 saturated heterocycles. The Balaban J connectivity index is 0.00000256. The average Bonchev–Trinajstić information content (AvgIpc) is 2.94. The molecule has 4 rings (SSSR count). The van der Waals surface area contributed by atoms with Crippen LogP contribution < -0.4 is 4.74 Å². The fourth-order valence-corrected chi connectivity index (χ4v) is 4.64. The van der Waals surface area contributed by atoms with Crippen molar-refractivity contribution in [3.8, 4) is 10.8 Å². The maximum Gasteiger partial charge on any atom is 0.310 e. The van der Waals surface area contributed by atoms with Gasteiger partial charge in [-0.05, 0) is 51.5 Å². The van der Waals surface area contributed by atoms with Crippen LogP contribution in [-0.2, 0) is 4.79 Å². The summed E-state index contributed by atoms with van der Waals surface area (Å²) in [5, 5.41) is 10.3. The zero-order chi connectivity index (χ0) is 20.8. The van der Waals surface area contributed by atoms with Crippen LogP contribution in [0.5, 0.6) is 10.8 Å². The molecule has 0 spiro atoms. The highest BCUT2D eigenvalue weighted by atomic mass is 35.5. The molecule has 0 unspecified atom stereocenters. The molecule has 3 heterocycles. The first kappa shape index (κ1) is 22.6. The molecule has 1 aromatic carbocycles. The second-order valence-electron chi connectivity index (χ2n) is 8.52. The third kappa shape index (κ3) is 4.48. The minimum atomic E-state index is -0.754. The number of amidine groups is 1. The number of rotatable bonds is 3. The smallest absolute Gasteiger partial charge is 0.310 e. The minimum absolute atomic E-state index is 0. The molecule has 30 heavy (non-hydrogen) atoms. The molecule has 2 aromatic rings. The number of carboxylic acid groups (broad SMARTS) is 1. The van der Waals surface area contributed by atoms with Gasteiger partial charge in [0.15, 0.2) is 10.8 Å². The van der Waals surface area contributed by atoms with Crippen molar-refractivity contribution >= 4 is 41.2 Å². The number of hydrogen-bond donors (Lipinski definition) is 1. The lowest BCUT2D eigenvalue weighted by Gasteiger charge is -2.38. The predicted molar refractivity (Wildman–Crippen MR) is 123 cm³/mol. The fourth-order valence-electron chi connectivity index (χ4n) is 3.78. The maximum atomic E-state index is 11.5. The molecule has 2 aliphatic rings. The first-order valence-electron chi connectivity index (χ1n) is 9.92. The van der Waals surface area contributed by atoms with E-state index in [0.29, 0.717) is 6.54 Å². The zero-order valence-electron chi connectivity index (χ0n) is 17.8. The number of aliphatic imine (C=N–C) groups is 1. The van der Waals surface area contributed by atoms with Crippen LogP contribution in [0.3, 0.4) is 0 Å². The Morgan fingerprint density at radius 2 is 1.90 bits per heavy atom. The van der Waals surface area contributed by atoms with Crippen LogP contribution in [-0.4, -0.2) is 59.4 Å². The quantitative estimate of drug-likeness (QED) is 0.735. The van der Waals surface area contributed by atoms with E-state index in [9.17, 15) is 9.90 Å². The van der Waals surface area contributed by atoms with E-state index >= 15 is 0 Å². The van der Waals surface area contributed by atoms with Crippen molar-refractivity contribution in [3.05, 3.63) is 40.3 Å². The SMILES string of the molecule is Cc1ccc2c(c1)Oc1sc(C)cc1C(N1CCN(CC(C)(C)C(=O)O)CC1)=N2.Cl. The first-order valence-corrected chi connectivity index (χ1v) is 10.7. The third-order valence-corrected chi connectivity index (χ3v) is 6.40. The molecule has 1 N–H and O–H groups in total. The number of aliphatic carboxylic acids is 1. The van der Waals surface area contributed by atoms with E-state index in [1.165, 1.54) is 4.88 Å². The topological polar surface area (TPSA) is 65.4 Å². The highest BCUT2D eigenvalue weighted by molar-refractivity contribution is 7.14. The molecule has 2 aliphatic heterocycles. The molecule has 162 valence electrons. The molecule has 0 amide bonds. The van der Waals surface area contributed by atoms with Crippen molar-refractivity contribution in [3.63, 3.8) is 0 Å². The van der Waals surface area contributed by atoms with E-state index in [0.717, 1.165) is 59.6 Å². The fraction of sp³-hybridized carbons (Fsp3) is 0.455. The lowest BCUT2D eigenvalue weighted by atomic mass is 9.93.